The number of thioether (sulfide) groups is 2. The summed E-state index contributed by atoms with van der Waals surface area (Å²) in [6.07, 6.45) is 0. The van der Waals surface area contributed by atoms with Gasteiger partial charge in [0.2, 0.25) is 22.1 Å². The third-order valence-corrected chi connectivity index (χ3v) is 6.02. The van der Waals surface area contributed by atoms with Crippen LogP contribution in [0.15, 0.2) is 40.6 Å². The van der Waals surface area contributed by atoms with Crippen LogP contribution in [0, 0.1) is 0 Å². The van der Waals surface area contributed by atoms with Gasteiger partial charge in [-0.05, 0) is 26.3 Å². The summed E-state index contributed by atoms with van der Waals surface area (Å²) in [4.78, 5) is 26.2. The van der Waals surface area contributed by atoms with Crippen molar-refractivity contribution >= 4 is 35.3 Å². The number of hydrogen-bond donors (Lipinski definition) is 2. The molecule has 152 valence electrons. The molecular weight excluding hydrogens is 396 g/mol. The van der Waals surface area contributed by atoms with E-state index in [-0.39, 0.29) is 22.8 Å². The number of nitrogens with two attached hydrogens (primary N) is 1. The second kappa shape index (κ2) is 11.0. The molecule has 2 amide bonds. The van der Waals surface area contributed by atoms with Crippen molar-refractivity contribution in [2.24, 2.45) is 0 Å². The minimum atomic E-state index is -0.384. The van der Waals surface area contributed by atoms with Gasteiger partial charge in [0.05, 0.1) is 11.0 Å². The van der Waals surface area contributed by atoms with E-state index in [1.54, 1.807) is 11.8 Å². The third kappa shape index (κ3) is 6.16. The van der Waals surface area contributed by atoms with E-state index in [4.69, 9.17) is 5.84 Å². The van der Waals surface area contributed by atoms with Gasteiger partial charge in [0.15, 0.2) is 0 Å². The lowest BCUT2D eigenvalue weighted by Crippen LogP contribution is -2.32. The van der Waals surface area contributed by atoms with Crippen molar-refractivity contribution in [1.29, 1.82) is 0 Å². The van der Waals surface area contributed by atoms with Crippen LogP contribution >= 0.6 is 23.5 Å². The van der Waals surface area contributed by atoms with E-state index in [9.17, 15) is 9.59 Å². The SMILES string of the molecule is CCN(CC)C(=O)CSc1nnc(SC(C)C(=O)NCc2ccccc2)n1N. The Hall–Kier alpha value is -2.20. The predicted octanol–water partition coefficient (Wildman–Crippen LogP) is 1.75. The number of nitrogens with one attached hydrogen (secondary N) is 1. The average Bonchev–Trinajstić information content (AvgIpc) is 3.05. The maximum Gasteiger partial charge on any atom is 0.233 e. The van der Waals surface area contributed by atoms with Crippen LogP contribution in [0.4, 0.5) is 0 Å². The van der Waals surface area contributed by atoms with Crippen molar-refractivity contribution in [1.82, 2.24) is 25.1 Å². The highest BCUT2D eigenvalue weighted by Crippen LogP contribution is 2.24. The van der Waals surface area contributed by atoms with Gasteiger partial charge >= 0.3 is 0 Å². The van der Waals surface area contributed by atoms with E-state index in [1.807, 2.05) is 44.2 Å². The van der Waals surface area contributed by atoms with Crippen molar-refractivity contribution in [2.75, 3.05) is 24.7 Å². The van der Waals surface area contributed by atoms with Crippen molar-refractivity contribution < 1.29 is 9.59 Å². The Bertz CT molecular complexity index is 780. The van der Waals surface area contributed by atoms with E-state index in [1.165, 1.54) is 28.2 Å². The molecule has 0 aliphatic carbocycles. The summed E-state index contributed by atoms with van der Waals surface area (Å²) >= 11 is 2.46. The summed E-state index contributed by atoms with van der Waals surface area (Å²) in [6.45, 7) is 7.47. The summed E-state index contributed by atoms with van der Waals surface area (Å²) in [6, 6.07) is 9.71. The second-order valence-electron chi connectivity index (χ2n) is 5.95. The molecule has 0 fully saturated rings. The molecule has 1 heterocycles. The van der Waals surface area contributed by atoms with Gasteiger partial charge in [-0.1, -0.05) is 53.9 Å². The van der Waals surface area contributed by atoms with Gasteiger partial charge in [0.25, 0.3) is 0 Å². The molecule has 2 aromatic rings. The van der Waals surface area contributed by atoms with Gasteiger partial charge in [-0.25, -0.2) is 4.68 Å². The van der Waals surface area contributed by atoms with Crippen LogP contribution in [0.1, 0.15) is 26.3 Å². The van der Waals surface area contributed by atoms with Crippen LogP contribution in [-0.2, 0) is 16.1 Å². The van der Waals surface area contributed by atoms with E-state index >= 15 is 0 Å². The number of nitrogen functional groups attached to an aromatic ring is 1. The number of amides is 2. The summed E-state index contributed by atoms with van der Waals surface area (Å²) < 4.78 is 1.33. The maximum atomic E-state index is 12.3. The van der Waals surface area contributed by atoms with Crippen LogP contribution in [0.25, 0.3) is 0 Å². The number of hydrogen-bond acceptors (Lipinski definition) is 7. The van der Waals surface area contributed by atoms with Gasteiger partial charge < -0.3 is 16.1 Å². The summed E-state index contributed by atoms with van der Waals surface area (Å²) in [5.74, 6) is 6.20. The van der Waals surface area contributed by atoms with Crippen molar-refractivity contribution in [3.05, 3.63) is 35.9 Å². The average molecular weight is 423 g/mol. The predicted molar refractivity (Wildman–Crippen MR) is 112 cm³/mol. The second-order valence-corrected chi connectivity index (χ2v) is 8.20. The number of carbonyl (C=O) groups excluding carboxylic acids is 2. The lowest BCUT2D eigenvalue weighted by atomic mass is 10.2. The molecule has 0 spiro atoms. The number of aromatic nitrogens is 3. The highest BCUT2D eigenvalue weighted by atomic mass is 32.2. The Balaban J connectivity index is 1.86. The zero-order valence-corrected chi connectivity index (χ0v) is 17.9. The first-order valence-electron chi connectivity index (χ1n) is 9.05. The Labute approximate surface area is 173 Å². The fraction of sp³-hybridized carbons (Fsp3) is 0.444. The van der Waals surface area contributed by atoms with Crippen LogP contribution < -0.4 is 11.2 Å². The monoisotopic (exact) mass is 422 g/mol. The van der Waals surface area contributed by atoms with Gasteiger partial charge in [-0.3, -0.25) is 9.59 Å². The summed E-state index contributed by atoms with van der Waals surface area (Å²) in [5, 5.41) is 11.5. The largest absolute Gasteiger partial charge is 0.351 e. The highest BCUT2D eigenvalue weighted by molar-refractivity contribution is 8.00. The summed E-state index contributed by atoms with van der Waals surface area (Å²) in [5.41, 5.74) is 1.03. The van der Waals surface area contributed by atoms with E-state index in [0.29, 0.717) is 29.9 Å². The first-order valence-corrected chi connectivity index (χ1v) is 10.9. The van der Waals surface area contributed by atoms with E-state index in [2.05, 4.69) is 15.5 Å². The molecule has 1 aromatic carbocycles. The van der Waals surface area contributed by atoms with Crippen molar-refractivity contribution in [3.63, 3.8) is 0 Å². The number of carbonyl (C=O) groups is 2. The highest BCUT2D eigenvalue weighted by Gasteiger charge is 2.20. The lowest BCUT2D eigenvalue weighted by molar-refractivity contribution is -0.128. The van der Waals surface area contributed by atoms with Crippen molar-refractivity contribution in [2.45, 2.75) is 42.9 Å². The molecule has 1 aromatic heterocycles. The van der Waals surface area contributed by atoms with Gasteiger partial charge in [0.1, 0.15) is 0 Å². The van der Waals surface area contributed by atoms with Gasteiger partial charge in [0, 0.05) is 19.6 Å². The van der Waals surface area contributed by atoms with E-state index < -0.39 is 0 Å². The first kappa shape index (κ1) is 22.1. The van der Waals surface area contributed by atoms with Crippen LogP contribution in [0.2, 0.25) is 0 Å². The summed E-state index contributed by atoms with van der Waals surface area (Å²) in [7, 11) is 0. The fourth-order valence-electron chi connectivity index (χ4n) is 2.38. The molecule has 28 heavy (non-hydrogen) atoms. The Morgan fingerprint density at radius 2 is 1.82 bits per heavy atom. The Morgan fingerprint density at radius 1 is 1.18 bits per heavy atom. The third-order valence-electron chi connectivity index (χ3n) is 4.04. The standard InChI is InChI=1S/C18H26N6O2S2/c1-4-23(5-2)15(25)12-27-17-21-22-18(24(17)19)28-13(3)16(26)20-11-14-9-7-6-8-10-14/h6-10,13H,4-5,11-12,19H2,1-3H3,(H,20,26). The quantitative estimate of drug-likeness (QED) is 0.444. The molecule has 10 heteroatoms. The molecule has 0 radical (unpaired) electrons. The molecule has 8 nitrogen and oxygen atoms in total. The molecular formula is C18H26N6O2S2. The fourth-order valence-corrected chi connectivity index (χ4v) is 3.99. The zero-order valence-electron chi connectivity index (χ0n) is 16.3. The number of nitrogens with zero attached hydrogens (tertiary/aromatic N) is 4. The van der Waals surface area contributed by atoms with Crippen LogP contribution in [-0.4, -0.2) is 55.7 Å². The van der Waals surface area contributed by atoms with Gasteiger partial charge in [-0.2, -0.15) is 0 Å². The first-order chi connectivity index (χ1) is 13.5. The Kier molecular flexibility index (Phi) is 8.65. The van der Waals surface area contributed by atoms with Crippen LogP contribution in [0.3, 0.4) is 0 Å². The zero-order chi connectivity index (χ0) is 20.5. The smallest absolute Gasteiger partial charge is 0.233 e. The molecule has 1 atom stereocenters. The molecule has 2 rings (SSSR count). The topological polar surface area (TPSA) is 106 Å². The van der Waals surface area contributed by atoms with E-state index in [0.717, 1.165) is 5.56 Å². The van der Waals surface area contributed by atoms with Crippen molar-refractivity contribution in [3.8, 4) is 0 Å². The molecule has 0 saturated carbocycles. The normalized spacial score (nSPS) is 11.8. The maximum absolute atomic E-state index is 12.3. The van der Waals surface area contributed by atoms with Gasteiger partial charge in [-0.15, -0.1) is 10.2 Å². The molecule has 0 bridgehead atoms. The molecule has 3 N–H and O–H groups in total. The van der Waals surface area contributed by atoms with Crippen LogP contribution in [0.5, 0.6) is 0 Å². The molecule has 1 unspecified atom stereocenters. The molecule has 0 saturated heterocycles. The minimum Gasteiger partial charge on any atom is -0.351 e. The Morgan fingerprint density at radius 3 is 2.46 bits per heavy atom. The molecule has 0 aliphatic heterocycles. The number of rotatable bonds is 10. The minimum absolute atomic E-state index is 0.0286. The molecule has 0 aliphatic rings. The lowest BCUT2D eigenvalue weighted by Gasteiger charge is -2.17. The number of benzene rings is 1.